The number of carbonyl (C=O) groups excluding carboxylic acids is 1. The van der Waals surface area contributed by atoms with Gasteiger partial charge >= 0.3 is 0 Å². The van der Waals surface area contributed by atoms with Crippen molar-refractivity contribution in [3.63, 3.8) is 0 Å². The molecule has 0 fully saturated rings. The Morgan fingerprint density at radius 2 is 1.67 bits per heavy atom. The molecule has 0 saturated carbocycles. The summed E-state index contributed by atoms with van der Waals surface area (Å²) in [6, 6.07) is 8.46. The molecule has 24 heavy (non-hydrogen) atoms. The minimum atomic E-state index is -0.0744. The third kappa shape index (κ3) is 2.69. The number of fused-ring (bicyclic) bond motifs is 1. The first kappa shape index (κ1) is 15.9. The zero-order valence-electron chi connectivity index (χ0n) is 13.8. The summed E-state index contributed by atoms with van der Waals surface area (Å²) in [5.74, 6) is 1.59. The van der Waals surface area contributed by atoms with Crippen LogP contribution in [0.15, 0.2) is 35.9 Å². The first-order chi connectivity index (χ1) is 11.6. The van der Waals surface area contributed by atoms with Crippen LogP contribution in [0.2, 0.25) is 0 Å². The lowest BCUT2D eigenvalue weighted by atomic mass is 10.1. The summed E-state index contributed by atoms with van der Waals surface area (Å²) in [4.78, 5) is 12.5. The standard InChI is InChI=1S/C19H18O5/c1-22-16-7-11(8-17(23-2)19(16)24-3)6-13-9-12-4-5-14(20)10-15(12)18(13)21/h4-8,10,20H,9H2,1-3H3. The van der Waals surface area contributed by atoms with Crippen LogP contribution in [-0.4, -0.2) is 32.2 Å². The molecule has 0 spiro atoms. The fourth-order valence-electron chi connectivity index (χ4n) is 2.89. The maximum Gasteiger partial charge on any atom is 0.203 e. The van der Waals surface area contributed by atoms with Gasteiger partial charge in [-0.2, -0.15) is 0 Å². The number of Topliss-reactive ketones (excluding diaryl/α,β-unsaturated/α-hetero) is 1. The third-order valence-corrected chi connectivity index (χ3v) is 4.04. The van der Waals surface area contributed by atoms with Crippen LogP contribution < -0.4 is 14.2 Å². The Hall–Kier alpha value is -2.95. The highest BCUT2D eigenvalue weighted by Gasteiger charge is 2.25. The minimum Gasteiger partial charge on any atom is -0.508 e. The van der Waals surface area contributed by atoms with Gasteiger partial charge in [0, 0.05) is 17.6 Å². The predicted octanol–water partition coefficient (Wildman–Crippen LogP) is 3.24. The Morgan fingerprint density at radius 1 is 1.00 bits per heavy atom. The van der Waals surface area contributed by atoms with Crippen LogP contribution in [0.3, 0.4) is 0 Å². The minimum absolute atomic E-state index is 0.0744. The second-order valence-electron chi connectivity index (χ2n) is 5.48. The molecule has 0 aliphatic heterocycles. The summed E-state index contributed by atoms with van der Waals surface area (Å²) in [6.07, 6.45) is 2.34. The number of ketones is 1. The van der Waals surface area contributed by atoms with Gasteiger partial charge < -0.3 is 19.3 Å². The van der Waals surface area contributed by atoms with Gasteiger partial charge in [-0.3, -0.25) is 4.79 Å². The van der Waals surface area contributed by atoms with Crippen molar-refractivity contribution in [2.75, 3.05) is 21.3 Å². The van der Waals surface area contributed by atoms with Gasteiger partial charge in [-0.25, -0.2) is 0 Å². The van der Waals surface area contributed by atoms with Crippen molar-refractivity contribution in [1.29, 1.82) is 0 Å². The molecular weight excluding hydrogens is 308 g/mol. The van der Waals surface area contributed by atoms with Crippen molar-refractivity contribution in [2.24, 2.45) is 0 Å². The van der Waals surface area contributed by atoms with Crippen molar-refractivity contribution in [1.82, 2.24) is 0 Å². The smallest absolute Gasteiger partial charge is 0.203 e. The van der Waals surface area contributed by atoms with E-state index < -0.39 is 0 Å². The van der Waals surface area contributed by atoms with Crippen molar-refractivity contribution in [3.8, 4) is 23.0 Å². The van der Waals surface area contributed by atoms with Crippen molar-refractivity contribution >= 4 is 11.9 Å². The first-order valence-corrected chi connectivity index (χ1v) is 7.44. The van der Waals surface area contributed by atoms with E-state index >= 15 is 0 Å². The van der Waals surface area contributed by atoms with Gasteiger partial charge in [0.2, 0.25) is 5.75 Å². The topological polar surface area (TPSA) is 65.0 Å². The van der Waals surface area contributed by atoms with Crippen molar-refractivity contribution in [2.45, 2.75) is 6.42 Å². The number of benzene rings is 2. The number of ether oxygens (including phenoxy) is 3. The van der Waals surface area contributed by atoms with E-state index in [2.05, 4.69) is 0 Å². The molecule has 0 atom stereocenters. The fourth-order valence-corrected chi connectivity index (χ4v) is 2.89. The second kappa shape index (κ2) is 6.28. The van der Waals surface area contributed by atoms with Gasteiger partial charge in [0.05, 0.1) is 21.3 Å². The summed E-state index contributed by atoms with van der Waals surface area (Å²) in [6.45, 7) is 0. The average Bonchev–Trinajstić information content (AvgIpc) is 2.89. The molecule has 2 aromatic rings. The normalized spacial score (nSPS) is 14.6. The van der Waals surface area contributed by atoms with Crippen LogP contribution >= 0.6 is 0 Å². The van der Waals surface area contributed by atoms with E-state index in [-0.39, 0.29) is 11.5 Å². The van der Waals surface area contributed by atoms with Crippen LogP contribution in [-0.2, 0) is 6.42 Å². The van der Waals surface area contributed by atoms with E-state index in [1.165, 1.54) is 6.07 Å². The highest BCUT2D eigenvalue weighted by molar-refractivity contribution is 6.15. The summed E-state index contributed by atoms with van der Waals surface area (Å²) < 4.78 is 16.0. The van der Waals surface area contributed by atoms with Gasteiger partial charge in [-0.15, -0.1) is 0 Å². The van der Waals surface area contributed by atoms with E-state index in [1.807, 2.05) is 6.08 Å². The lowest BCUT2D eigenvalue weighted by Crippen LogP contribution is -1.97. The largest absolute Gasteiger partial charge is 0.508 e. The maximum absolute atomic E-state index is 12.5. The quantitative estimate of drug-likeness (QED) is 0.874. The molecule has 5 heteroatoms. The monoisotopic (exact) mass is 326 g/mol. The number of aromatic hydroxyl groups is 1. The molecule has 2 aromatic carbocycles. The Labute approximate surface area is 140 Å². The molecule has 0 amide bonds. The summed E-state index contributed by atoms with van der Waals surface area (Å²) >= 11 is 0. The number of methoxy groups -OCH3 is 3. The number of allylic oxidation sites excluding steroid dienone is 1. The molecular formula is C19H18O5. The number of phenols is 1. The summed E-state index contributed by atoms with van der Waals surface area (Å²) in [5.41, 5.74) is 2.90. The molecule has 0 radical (unpaired) electrons. The van der Waals surface area contributed by atoms with E-state index in [9.17, 15) is 9.90 Å². The number of carbonyl (C=O) groups is 1. The SMILES string of the molecule is COc1cc(C=C2Cc3ccc(O)cc3C2=O)cc(OC)c1OC. The predicted molar refractivity (Wildman–Crippen MR) is 90.2 cm³/mol. The van der Waals surface area contributed by atoms with Crippen LogP contribution in [0.5, 0.6) is 23.0 Å². The highest BCUT2D eigenvalue weighted by atomic mass is 16.5. The molecule has 1 aliphatic carbocycles. The van der Waals surface area contributed by atoms with Crippen LogP contribution in [0.1, 0.15) is 21.5 Å². The number of rotatable bonds is 4. The molecule has 1 N–H and O–H groups in total. The number of hydrogen-bond donors (Lipinski definition) is 1. The van der Waals surface area contributed by atoms with E-state index in [4.69, 9.17) is 14.2 Å². The molecule has 124 valence electrons. The van der Waals surface area contributed by atoms with Crippen LogP contribution in [0, 0.1) is 0 Å². The molecule has 3 rings (SSSR count). The molecule has 0 bridgehead atoms. The lowest BCUT2D eigenvalue weighted by molar-refractivity contribution is 0.104. The summed E-state index contributed by atoms with van der Waals surface area (Å²) in [5, 5.41) is 9.57. The Balaban J connectivity index is 2.02. The molecule has 0 aromatic heterocycles. The molecule has 0 saturated heterocycles. The Kier molecular flexibility index (Phi) is 4.16. The van der Waals surface area contributed by atoms with E-state index in [1.54, 1.807) is 45.6 Å². The van der Waals surface area contributed by atoms with Gasteiger partial charge in [-0.1, -0.05) is 6.07 Å². The Morgan fingerprint density at radius 3 is 2.25 bits per heavy atom. The van der Waals surface area contributed by atoms with Crippen LogP contribution in [0.25, 0.3) is 6.08 Å². The van der Waals surface area contributed by atoms with Crippen LogP contribution in [0.4, 0.5) is 0 Å². The van der Waals surface area contributed by atoms with Gasteiger partial charge in [0.1, 0.15) is 5.75 Å². The molecule has 1 aliphatic rings. The van der Waals surface area contributed by atoms with E-state index in [0.717, 1.165) is 11.1 Å². The molecule has 0 heterocycles. The maximum atomic E-state index is 12.5. The van der Waals surface area contributed by atoms with E-state index in [0.29, 0.717) is 34.8 Å². The molecule has 5 nitrogen and oxygen atoms in total. The number of phenolic OH excluding ortho intramolecular Hbond substituents is 1. The van der Waals surface area contributed by atoms with Crippen molar-refractivity contribution < 1.29 is 24.1 Å². The third-order valence-electron chi connectivity index (χ3n) is 4.04. The highest BCUT2D eigenvalue weighted by Crippen LogP contribution is 2.39. The average molecular weight is 326 g/mol. The zero-order chi connectivity index (χ0) is 17.3. The lowest BCUT2D eigenvalue weighted by Gasteiger charge is -2.13. The Bertz CT molecular complexity index is 811. The molecule has 0 unspecified atom stereocenters. The number of hydrogen-bond acceptors (Lipinski definition) is 5. The van der Waals surface area contributed by atoms with Gasteiger partial charge in [0.15, 0.2) is 17.3 Å². The first-order valence-electron chi connectivity index (χ1n) is 7.44. The van der Waals surface area contributed by atoms with Gasteiger partial charge in [0.25, 0.3) is 0 Å². The van der Waals surface area contributed by atoms with Crippen molar-refractivity contribution in [3.05, 3.63) is 52.6 Å². The second-order valence-corrected chi connectivity index (χ2v) is 5.48. The fraction of sp³-hybridized carbons (Fsp3) is 0.211. The van der Waals surface area contributed by atoms with Gasteiger partial charge in [-0.05, 0) is 41.5 Å². The zero-order valence-corrected chi connectivity index (χ0v) is 13.8. The summed E-state index contributed by atoms with van der Waals surface area (Å²) in [7, 11) is 4.64.